The number of hydrogen-bond donors (Lipinski definition) is 0. The first-order valence-corrected chi connectivity index (χ1v) is 7.80. The highest BCUT2D eigenvalue weighted by atomic mass is 32.1. The van der Waals surface area contributed by atoms with Crippen molar-refractivity contribution in [3.63, 3.8) is 0 Å². The molecule has 132 valence electrons. The summed E-state index contributed by atoms with van der Waals surface area (Å²) in [7, 11) is 3.62. The van der Waals surface area contributed by atoms with Crippen LogP contribution in [0.5, 0.6) is 5.75 Å². The molecule has 2 aromatic heterocycles. The lowest BCUT2D eigenvalue weighted by Gasteiger charge is -2.12. The Kier molecular flexibility index (Phi) is 4.15. The average molecular weight is 371 g/mol. The Morgan fingerprint density at radius 1 is 1.28 bits per heavy atom. The number of carbonyl (C=O) groups excluding carboxylic acids is 1. The first-order valence-electron chi connectivity index (χ1n) is 6.92. The van der Waals surface area contributed by atoms with Crippen LogP contribution in [0.1, 0.15) is 16.1 Å². The molecule has 25 heavy (non-hydrogen) atoms. The molecule has 0 radical (unpaired) electrons. The fourth-order valence-electron chi connectivity index (χ4n) is 2.60. The standard InChI is InChI=1S/C15H12F3N3O3S/c1-21-12(14(22)24-3)10(15(16,17)18)11(20-21)9-8(23-2)5-4-7-13(9)25-6-19-7/h4-6H,1-3H3. The summed E-state index contributed by atoms with van der Waals surface area (Å²) in [5, 5.41) is 3.95. The monoisotopic (exact) mass is 371 g/mol. The maximum absolute atomic E-state index is 13.8. The molecule has 0 saturated carbocycles. The van der Waals surface area contributed by atoms with Gasteiger partial charge in [-0.05, 0) is 12.1 Å². The Morgan fingerprint density at radius 2 is 2.00 bits per heavy atom. The highest BCUT2D eigenvalue weighted by Crippen LogP contribution is 2.45. The number of hydrogen-bond acceptors (Lipinski definition) is 6. The molecule has 2 heterocycles. The molecular weight excluding hydrogens is 359 g/mol. The van der Waals surface area contributed by atoms with E-state index in [0.717, 1.165) is 23.1 Å². The van der Waals surface area contributed by atoms with Crippen molar-refractivity contribution in [1.82, 2.24) is 14.8 Å². The fraction of sp³-hybridized carbons (Fsp3) is 0.267. The van der Waals surface area contributed by atoms with Crippen molar-refractivity contribution in [1.29, 1.82) is 0 Å². The van der Waals surface area contributed by atoms with Crippen molar-refractivity contribution in [2.45, 2.75) is 6.18 Å². The first-order chi connectivity index (χ1) is 11.8. The Hall–Kier alpha value is -2.62. The van der Waals surface area contributed by atoms with Gasteiger partial charge in [-0.1, -0.05) is 0 Å². The zero-order valence-corrected chi connectivity index (χ0v) is 14.2. The Bertz CT molecular complexity index is 962. The van der Waals surface area contributed by atoms with Crippen molar-refractivity contribution in [3.05, 3.63) is 28.9 Å². The summed E-state index contributed by atoms with van der Waals surface area (Å²) in [6.07, 6.45) is -4.81. The molecule has 10 heteroatoms. The lowest BCUT2D eigenvalue weighted by atomic mass is 10.0. The van der Waals surface area contributed by atoms with Crippen LogP contribution in [0, 0.1) is 0 Å². The zero-order valence-electron chi connectivity index (χ0n) is 13.3. The van der Waals surface area contributed by atoms with E-state index >= 15 is 0 Å². The first kappa shape index (κ1) is 17.2. The van der Waals surface area contributed by atoms with E-state index in [1.807, 2.05) is 0 Å². The minimum atomic E-state index is -4.81. The van der Waals surface area contributed by atoms with Crippen molar-refractivity contribution in [2.24, 2.45) is 7.05 Å². The van der Waals surface area contributed by atoms with Gasteiger partial charge in [-0.25, -0.2) is 9.78 Å². The molecule has 0 fully saturated rings. The molecule has 0 aliphatic rings. The Morgan fingerprint density at radius 3 is 2.60 bits per heavy atom. The molecule has 0 atom stereocenters. The van der Waals surface area contributed by atoms with Crippen LogP contribution in [0.25, 0.3) is 21.5 Å². The van der Waals surface area contributed by atoms with Crippen LogP contribution in [0.3, 0.4) is 0 Å². The van der Waals surface area contributed by atoms with Crippen LogP contribution < -0.4 is 4.74 Å². The van der Waals surface area contributed by atoms with E-state index in [1.54, 1.807) is 6.07 Å². The third kappa shape index (κ3) is 2.72. The van der Waals surface area contributed by atoms with Gasteiger partial charge in [0, 0.05) is 7.05 Å². The minimum Gasteiger partial charge on any atom is -0.496 e. The summed E-state index contributed by atoms with van der Waals surface area (Å²) < 4.78 is 52.3. The van der Waals surface area contributed by atoms with Crippen LogP contribution in [-0.4, -0.2) is 35.0 Å². The smallest absolute Gasteiger partial charge is 0.420 e. The lowest BCUT2D eigenvalue weighted by molar-refractivity contribution is -0.137. The number of thiazole rings is 1. The number of alkyl halides is 3. The number of esters is 1. The maximum Gasteiger partial charge on any atom is 0.420 e. The van der Waals surface area contributed by atoms with Crippen LogP contribution in [0.4, 0.5) is 13.2 Å². The van der Waals surface area contributed by atoms with E-state index in [9.17, 15) is 18.0 Å². The number of nitrogens with zero attached hydrogens (tertiary/aromatic N) is 3. The van der Waals surface area contributed by atoms with Gasteiger partial charge in [0.25, 0.3) is 0 Å². The summed E-state index contributed by atoms with van der Waals surface area (Å²) in [5.41, 5.74) is -0.0677. The lowest BCUT2D eigenvalue weighted by Crippen LogP contribution is -2.16. The van der Waals surface area contributed by atoms with Crippen LogP contribution >= 0.6 is 11.3 Å². The summed E-state index contributed by atoms with van der Waals surface area (Å²) >= 11 is 1.16. The van der Waals surface area contributed by atoms with E-state index in [1.165, 1.54) is 25.7 Å². The summed E-state index contributed by atoms with van der Waals surface area (Å²) in [5.74, 6) is -0.916. The van der Waals surface area contributed by atoms with Crippen molar-refractivity contribution < 1.29 is 27.4 Å². The van der Waals surface area contributed by atoms with Crippen LogP contribution in [-0.2, 0) is 18.0 Å². The van der Waals surface area contributed by atoms with Gasteiger partial charge >= 0.3 is 12.1 Å². The number of methoxy groups -OCH3 is 2. The predicted octanol–water partition coefficient (Wildman–Crippen LogP) is 3.51. The van der Waals surface area contributed by atoms with Gasteiger partial charge in [0.1, 0.15) is 17.0 Å². The number of ether oxygens (including phenoxy) is 2. The van der Waals surface area contributed by atoms with Crippen molar-refractivity contribution in [2.75, 3.05) is 14.2 Å². The molecule has 3 rings (SSSR count). The summed E-state index contributed by atoms with van der Waals surface area (Å²) in [6.45, 7) is 0. The maximum atomic E-state index is 13.8. The van der Waals surface area contributed by atoms with E-state index in [2.05, 4.69) is 14.8 Å². The van der Waals surface area contributed by atoms with Gasteiger partial charge in [0.05, 0.1) is 35.5 Å². The molecule has 0 N–H and O–H groups in total. The molecular formula is C15H12F3N3O3S. The second-order valence-electron chi connectivity index (χ2n) is 5.03. The number of benzene rings is 1. The third-order valence-corrected chi connectivity index (χ3v) is 4.49. The highest BCUT2D eigenvalue weighted by molar-refractivity contribution is 7.17. The van der Waals surface area contributed by atoms with Gasteiger partial charge in [0.2, 0.25) is 0 Å². The van der Waals surface area contributed by atoms with Gasteiger partial charge in [0.15, 0.2) is 5.69 Å². The second-order valence-corrected chi connectivity index (χ2v) is 5.88. The van der Waals surface area contributed by atoms with E-state index in [-0.39, 0.29) is 11.3 Å². The SMILES string of the molecule is COC(=O)c1c(C(F)(F)F)c(-c2c(OC)ccc3ncsc23)nn1C. The quantitative estimate of drug-likeness (QED) is 0.659. The Labute approximate surface area is 143 Å². The number of rotatable bonds is 3. The number of halogens is 3. The molecule has 6 nitrogen and oxygen atoms in total. The molecule has 0 spiro atoms. The third-order valence-electron chi connectivity index (χ3n) is 3.63. The summed E-state index contributed by atoms with van der Waals surface area (Å²) in [4.78, 5) is 16.0. The topological polar surface area (TPSA) is 66.2 Å². The molecule has 0 bridgehead atoms. The number of aryl methyl sites for hydroxylation is 1. The predicted molar refractivity (Wildman–Crippen MR) is 84.7 cm³/mol. The molecule has 0 aliphatic heterocycles. The van der Waals surface area contributed by atoms with Gasteiger partial charge in [-0.3, -0.25) is 4.68 Å². The molecule has 0 saturated heterocycles. The minimum absolute atomic E-state index is 0.139. The van der Waals surface area contributed by atoms with E-state index < -0.39 is 29.1 Å². The summed E-state index contributed by atoms with van der Waals surface area (Å²) in [6, 6.07) is 3.16. The largest absolute Gasteiger partial charge is 0.496 e. The number of fused-ring (bicyclic) bond motifs is 1. The van der Waals surface area contributed by atoms with Gasteiger partial charge < -0.3 is 9.47 Å². The van der Waals surface area contributed by atoms with E-state index in [0.29, 0.717) is 10.2 Å². The van der Waals surface area contributed by atoms with Crippen molar-refractivity contribution in [3.8, 4) is 17.0 Å². The van der Waals surface area contributed by atoms with Crippen LogP contribution in [0.2, 0.25) is 0 Å². The fourth-order valence-corrected chi connectivity index (χ4v) is 3.43. The zero-order chi connectivity index (χ0) is 18.4. The molecule has 0 amide bonds. The number of carbonyl (C=O) groups is 1. The molecule has 0 unspecified atom stereocenters. The van der Waals surface area contributed by atoms with Gasteiger partial charge in [-0.2, -0.15) is 18.3 Å². The van der Waals surface area contributed by atoms with Crippen molar-refractivity contribution >= 4 is 27.5 Å². The Balaban J connectivity index is 2.43. The number of aromatic nitrogens is 3. The second kappa shape index (κ2) is 6.03. The molecule has 3 aromatic rings. The normalized spacial score (nSPS) is 11.8. The average Bonchev–Trinajstić information content (AvgIpc) is 3.16. The van der Waals surface area contributed by atoms with Crippen LogP contribution in [0.15, 0.2) is 17.6 Å². The van der Waals surface area contributed by atoms with E-state index in [4.69, 9.17) is 4.74 Å². The molecule has 1 aromatic carbocycles. The van der Waals surface area contributed by atoms with Gasteiger partial charge in [-0.15, -0.1) is 11.3 Å². The highest BCUT2D eigenvalue weighted by Gasteiger charge is 2.43. The molecule has 0 aliphatic carbocycles.